The van der Waals surface area contributed by atoms with Crippen molar-refractivity contribution in [2.24, 2.45) is 5.92 Å². The molecule has 21 heavy (non-hydrogen) atoms. The van der Waals surface area contributed by atoms with Crippen molar-refractivity contribution in [1.82, 2.24) is 15.1 Å². The lowest BCUT2D eigenvalue weighted by molar-refractivity contribution is 0.226. The van der Waals surface area contributed by atoms with Gasteiger partial charge < -0.3 is 10.2 Å². The Bertz CT molecular complexity index is 668. The molecule has 1 aliphatic rings. The highest BCUT2D eigenvalue weighted by atomic mass is 15.1. The van der Waals surface area contributed by atoms with E-state index in [1.54, 1.807) is 0 Å². The quantitative estimate of drug-likeness (QED) is 0.935. The van der Waals surface area contributed by atoms with Gasteiger partial charge in [0.2, 0.25) is 0 Å². The molecule has 2 aromatic rings. The fraction of sp³-hybridized carbons (Fsp3) is 0.438. The van der Waals surface area contributed by atoms with Crippen LogP contribution in [0, 0.1) is 17.2 Å². The number of nitriles is 1. The number of benzene rings is 1. The number of hydrogen-bond acceptors (Lipinski definition) is 5. The van der Waals surface area contributed by atoms with Crippen LogP contribution in [0.1, 0.15) is 18.5 Å². The number of rotatable bonds is 3. The summed E-state index contributed by atoms with van der Waals surface area (Å²) in [5, 5.41) is 21.8. The molecule has 0 aliphatic carbocycles. The molecule has 0 saturated carbocycles. The van der Waals surface area contributed by atoms with Crippen molar-refractivity contribution in [3.05, 3.63) is 30.0 Å². The summed E-state index contributed by atoms with van der Waals surface area (Å²) in [6.07, 6.45) is 2.39. The molecule has 1 fully saturated rings. The minimum absolute atomic E-state index is 0.377. The number of aromatic nitrogens is 2. The van der Waals surface area contributed by atoms with Crippen molar-refractivity contribution >= 4 is 16.6 Å². The summed E-state index contributed by atoms with van der Waals surface area (Å²) in [6.45, 7) is 3.18. The molecular weight excluding hydrogens is 262 g/mol. The predicted octanol–water partition coefficient (Wildman–Crippen LogP) is 2.26. The highest BCUT2D eigenvalue weighted by Gasteiger charge is 2.18. The molecule has 1 aromatic carbocycles. The molecule has 0 radical (unpaired) electrons. The van der Waals surface area contributed by atoms with Gasteiger partial charge in [-0.15, -0.1) is 10.2 Å². The smallest absolute Gasteiger partial charge is 0.186 e. The van der Waals surface area contributed by atoms with Crippen LogP contribution in [0.3, 0.4) is 0 Å². The first-order valence-corrected chi connectivity index (χ1v) is 7.36. The van der Waals surface area contributed by atoms with Crippen LogP contribution in [-0.4, -0.2) is 41.8 Å². The zero-order valence-corrected chi connectivity index (χ0v) is 12.2. The summed E-state index contributed by atoms with van der Waals surface area (Å²) in [5.74, 6) is 0.652. The number of likely N-dealkylation sites (tertiary alicyclic amines) is 1. The van der Waals surface area contributed by atoms with E-state index in [2.05, 4.69) is 33.5 Å². The molecule has 0 atom stereocenters. The predicted molar refractivity (Wildman–Crippen MR) is 83.0 cm³/mol. The van der Waals surface area contributed by atoms with E-state index in [0.29, 0.717) is 11.6 Å². The van der Waals surface area contributed by atoms with E-state index in [1.165, 1.54) is 12.8 Å². The molecule has 5 nitrogen and oxygen atoms in total. The normalized spacial score (nSPS) is 16.8. The summed E-state index contributed by atoms with van der Waals surface area (Å²) >= 11 is 0. The lowest BCUT2D eigenvalue weighted by atomic mass is 9.97. The molecule has 5 heteroatoms. The van der Waals surface area contributed by atoms with Crippen LogP contribution in [0.2, 0.25) is 0 Å². The van der Waals surface area contributed by atoms with Gasteiger partial charge in [-0.1, -0.05) is 18.2 Å². The highest BCUT2D eigenvalue weighted by molar-refractivity contribution is 5.92. The number of hydrogen-bond donors (Lipinski definition) is 1. The molecule has 1 aliphatic heterocycles. The third kappa shape index (κ3) is 2.96. The maximum Gasteiger partial charge on any atom is 0.186 e. The largest absolute Gasteiger partial charge is 0.382 e. The van der Waals surface area contributed by atoms with Crippen LogP contribution in [-0.2, 0) is 0 Å². The fourth-order valence-electron chi connectivity index (χ4n) is 2.82. The van der Waals surface area contributed by atoms with Crippen molar-refractivity contribution < 1.29 is 0 Å². The second-order valence-electron chi connectivity index (χ2n) is 5.68. The molecule has 0 unspecified atom stereocenters. The standard InChI is InChI=1S/C16H19N5/c1-21-8-6-12(7-9-21)11-18-16-13-4-2-3-5-14(13)19-20-15(16)10-17/h2-5,12H,6-9,11H2,1H3,(H,18,19). The minimum atomic E-state index is 0.377. The van der Waals surface area contributed by atoms with Crippen molar-refractivity contribution in [3.63, 3.8) is 0 Å². The molecular formula is C16H19N5. The number of anilines is 1. The minimum Gasteiger partial charge on any atom is -0.382 e. The third-order valence-corrected chi connectivity index (χ3v) is 4.18. The van der Waals surface area contributed by atoms with Gasteiger partial charge in [-0.3, -0.25) is 0 Å². The van der Waals surface area contributed by atoms with Gasteiger partial charge in [0.25, 0.3) is 0 Å². The second-order valence-corrected chi connectivity index (χ2v) is 5.68. The summed E-state index contributed by atoms with van der Waals surface area (Å²) in [7, 11) is 2.16. The molecule has 1 saturated heterocycles. The molecule has 0 bridgehead atoms. The van der Waals surface area contributed by atoms with Gasteiger partial charge in [-0.05, 0) is 45.0 Å². The van der Waals surface area contributed by atoms with Crippen molar-refractivity contribution in [1.29, 1.82) is 5.26 Å². The van der Waals surface area contributed by atoms with Crippen LogP contribution in [0.15, 0.2) is 24.3 Å². The molecule has 0 spiro atoms. The molecule has 108 valence electrons. The van der Waals surface area contributed by atoms with Crippen molar-refractivity contribution in [2.45, 2.75) is 12.8 Å². The number of nitrogens with one attached hydrogen (secondary N) is 1. The summed E-state index contributed by atoms with van der Waals surface area (Å²) in [5.41, 5.74) is 2.02. The SMILES string of the molecule is CN1CCC(CNc2c(C#N)nnc3ccccc23)CC1. The molecule has 2 heterocycles. The first-order chi connectivity index (χ1) is 10.3. The summed E-state index contributed by atoms with van der Waals surface area (Å²) in [6, 6.07) is 9.95. The van der Waals surface area contributed by atoms with E-state index in [-0.39, 0.29) is 0 Å². The van der Waals surface area contributed by atoms with Gasteiger partial charge in [-0.25, -0.2) is 0 Å². The first kappa shape index (κ1) is 13.8. The van der Waals surface area contributed by atoms with E-state index < -0.39 is 0 Å². The number of fused-ring (bicyclic) bond motifs is 1. The average Bonchev–Trinajstić information content (AvgIpc) is 2.54. The Morgan fingerprint density at radius 2 is 2.05 bits per heavy atom. The van der Waals surface area contributed by atoms with Gasteiger partial charge in [0.05, 0.1) is 11.2 Å². The van der Waals surface area contributed by atoms with E-state index >= 15 is 0 Å². The van der Waals surface area contributed by atoms with Gasteiger partial charge in [0.15, 0.2) is 5.69 Å². The van der Waals surface area contributed by atoms with E-state index in [9.17, 15) is 5.26 Å². The molecule has 1 aromatic heterocycles. The van der Waals surface area contributed by atoms with Crippen LogP contribution in [0.25, 0.3) is 10.9 Å². The van der Waals surface area contributed by atoms with Gasteiger partial charge >= 0.3 is 0 Å². The Hall–Kier alpha value is -2.19. The molecule has 0 amide bonds. The number of piperidine rings is 1. The van der Waals surface area contributed by atoms with Gasteiger partial charge in [0, 0.05) is 11.9 Å². The maximum absolute atomic E-state index is 9.25. The highest BCUT2D eigenvalue weighted by Crippen LogP contribution is 2.25. The zero-order valence-electron chi connectivity index (χ0n) is 12.2. The maximum atomic E-state index is 9.25. The van der Waals surface area contributed by atoms with E-state index in [0.717, 1.165) is 36.2 Å². The lowest BCUT2D eigenvalue weighted by Gasteiger charge is -2.29. The lowest BCUT2D eigenvalue weighted by Crippen LogP contribution is -2.33. The van der Waals surface area contributed by atoms with Gasteiger partial charge in [-0.2, -0.15) is 5.26 Å². The second kappa shape index (κ2) is 6.06. The number of nitrogens with zero attached hydrogens (tertiary/aromatic N) is 4. The average molecular weight is 281 g/mol. The molecule has 1 N–H and O–H groups in total. The van der Waals surface area contributed by atoms with Gasteiger partial charge in [0.1, 0.15) is 6.07 Å². The van der Waals surface area contributed by atoms with Crippen LogP contribution >= 0.6 is 0 Å². The van der Waals surface area contributed by atoms with Crippen molar-refractivity contribution in [3.8, 4) is 6.07 Å². The van der Waals surface area contributed by atoms with E-state index in [4.69, 9.17) is 0 Å². The topological polar surface area (TPSA) is 64.8 Å². The first-order valence-electron chi connectivity index (χ1n) is 7.36. The molecule has 3 rings (SSSR count). The zero-order chi connectivity index (χ0) is 14.7. The van der Waals surface area contributed by atoms with Crippen molar-refractivity contribution in [2.75, 3.05) is 32.0 Å². The Balaban J connectivity index is 1.81. The monoisotopic (exact) mass is 281 g/mol. The Labute approximate surface area is 124 Å². The fourth-order valence-corrected chi connectivity index (χ4v) is 2.82. The summed E-state index contributed by atoms with van der Waals surface area (Å²) < 4.78 is 0. The Morgan fingerprint density at radius 3 is 2.81 bits per heavy atom. The van der Waals surface area contributed by atoms with Crippen LogP contribution in [0.4, 0.5) is 5.69 Å². The Kier molecular flexibility index (Phi) is 3.98. The third-order valence-electron chi connectivity index (χ3n) is 4.18. The van der Waals surface area contributed by atoms with E-state index in [1.807, 2.05) is 24.3 Å². The van der Waals surface area contributed by atoms with Crippen LogP contribution in [0.5, 0.6) is 0 Å². The Morgan fingerprint density at radius 1 is 1.29 bits per heavy atom. The summed E-state index contributed by atoms with van der Waals surface area (Å²) in [4.78, 5) is 2.36. The van der Waals surface area contributed by atoms with Crippen LogP contribution < -0.4 is 5.32 Å².